The largest absolute Gasteiger partial charge is 0.363 e. The van der Waals surface area contributed by atoms with Crippen molar-refractivity contribution in [3.8, 4) is 0 Å². The number of fused-ring (bicyclic) bond motifs is 1. The predicted octanol–water partition coefficient (Wildman–Crippen LogP) is 3.99. The zero-order valence-corrected chi connectivity index (χ0v) is 9.93. The van der Waals surface area contributed by atoms with Crippen LogP contribution < -0.4 is 10.2 Å². The molecule has 2 heteroatoms. The molecule has 2 aromatic rings. The smallest absolute Gasteiger partial charge is 0.104 e. The van der Waals surface area contributed by atoms with E-state index in [9.17, 15) is 0 Å². The molecule has 2 aromatic carbocycles. The zero-order chi connectivity index (χ0) is 11.7. The lowest BCUT2D eigenvalue weighted by molar-refractivity contribution is 0.728. The van der Waals surface area contributed by atoms with Crippen molar-refractivity contribution >= 4 is 17.1 Å². The van der Waals surface area contributed by atoms with Gasteiger partial charge in [0.2, 0.25) is 0 Å². The van der Waals surface area contributed by atoms with E-state index < -0.39 is 0 Å². The van der Waals surface area contributed by atoms with Crippen LogP contribution in [0, 0.1) is 0 Å². The number of benzene rings is 2. The lowest BCUT2D eigenvalue weighted by Gasteiger charge is -2.26. The highest BCUT2D eigenvalue weighted by atomic mass is 15.3. The summed E-state index contributed by atoms with van der Waals surface area (Å²) in [4.78, 5) is 2.37. The van der Waals surface area contributed by atoms with Crippen LogP contribution in [0.1, 0.15) is 13.3 Å². The van der Waals surface area contributed by atoms with Gasteiger partial charge >= 0.3 is 0 Å². The Kier molecular flexibility index (Phi) is 2.48. The fourth-order valence-corrected chi connectivity index (χ4v) is 2.41. The highest BCUT2D eigenvalue weighted by molar-refractivity contribution is 5.82. The van der Waals surface area contributed by atoms with Gasteiger partial charge in [-0.15, -0.1) is 0 Å². The maximum absolute atomic E-state index is 3.56. The number of hydrogen-bond acceptors (Lipinski definition) is 2. The van der Waals surface area contributed by atoms with Gasteiger partial charge in [-0.3, -0.25) is 0 Å². The van der Waals surface area contributed by atoms with Crippen LogP contribution in [-0.2, 0) is 0 Å². The van der Waals surface area contributed by atoms with E-state index >= 15 is 0 Å². The van der Waals surface area contributed by atoms with Gasteiger partial charge in [0.25, 0.3) is 0 Å². The lowest BCUT2D eigenvalue weighted by atomic mass is 10.2. The predicted molar refractivity (Wildman–Crippen MR) is 72.7 cm³/mol. The Balaban J connectivity index is 2.08. The van der Waals surface area contributed by atoms with Crippen LogP contribution in [0.5, 0.6) is 0 Å². The van der Waals surface area contributed by atoms with Crippen molar-refractivity contribution in [2.75, 3.05) is 10.2 Å². The first-order valence-corrected chi connectivity index (χ1v) is 6.10. The Morgan fingerprint density at radius 2 is 1.71 bits per heavy atom. The van der Waals surface area contributed by atoms with Crippen molar-refractivity contribution in [2.45, 2.75) is 19.5 Å². The number of nitrogens with one attached hydrogen (secondary N) is 1. The fraction of sp³-hybridized carbons (Fsp3) is 0.200. The van der Waals surface area contributed by atoms with Crippen LogP contribution in [0.3, 0.4) is 0 Å². The number of hydrogen-bond donors (Lipinski definition) is 1. The van der Waals surface area contributed by atoms with E-state index in [-0.39, 0.29) is 0 Å². The molecule has 1 atom stereocenters. The SMILES string of the molecule is CCC1Nc2ccccc2N1c1ccccc1. The van der Waals surface area contributed by atoms with Gasteiger partial charge in [0.15, 0.2) is 0 Å². The molecule has 1 unspecified atom stereocenters. The molecule has 1 aliphatic rings. The van der Waals surface area contributed by atoms with Crippen molar-refractivity contribution in [3.63, 3.8) is 0 Å². The van der Waals surface area contributed by atoms with Crippen LogP contribution in [0.25, 0.3) is 0 Å². The molecule has 86 valence electrons. The monoisotopic (exact) mass is 224 g/mol. The number of rotatable bonds is 2. The summed E-state index contributed by atoms with van der Waals surface area (Å²) >= 11 is 0. The summed E-state index contributed by atoms with van der Waals surface area (Å²) in [6.07, 6.45) is 1.43. The van der Waals surface area contributed by atoms with Crippen LogP contribution in [-0.4, -0.2) is 6.17 Å². The molecule has 0 fully saturated rings. The summed E-state index contributed by atoms with van der Waals surface area (Å²) in [5.74, 6) is 0. The molecule has 0 radical (unpaired) electrons. The van der Waals surface area contributed by atoms with Gasteiger partial charge in [-0.25, -0.2) is 0 Å². The Hall–Kier alpha value is -1.96. The first-order valence-electron chi connectivity index (χ1n) is 6.10. The molecular formula is C15H16N2. The van der Waals surface area contributed by atoms with Gasteiger partial charge in [-0.05, 0) is 30.7 Å². The molecule has 0 aliphatic carbocycles. The van der Waals surface area contributed by atoms with Gasteiger partial charge in [0.05, 0.1) is 11.4 Å². The second-order valence-corrected chi connectivity index (χ2v) is 4.29. The van der Waals surface area contributed by atoms with Crippen molar-refractivity contribution < 1.29 is 0 Å². The van der Waals surface area contributed by atoms with E-state index in [4.69, 9.17) is 0 Å². The third kappa shape index (κ3) is 1.66. The summed E-state index contributed by atoms with van der Waals surface area (Å²) in [5.41, 5.74) is 3.74. The third-order valence-electron chi connectivity index (χ3n) is 3.22. The van der Waals surface area contributed by atoms with Crippen molar-refractivity contribution in [1.29, 1.82) is 0 Å². The molecule has 1 N–H and O–H groups in total. The van der Waals surface area contributed by atoms with Gasteiger partial charge < -0.3 is 10.2 Å². The molecule has 17 heavy (non-hydrogen) atoms. The standard InChI is InChI=1S/C15H16N2/c1-2-15-16-13-10-6-7-11-14(13)17(15)12-8-4-3-5-9-12/h3-11,15-16H,2H2,1H3. The first kappa shape index (κ1) is 10.2. The van der Waals surface area contributed by atoms with E-state index in [1.165, 1.54) is 17.1 Å². The van der Waals surface area contributed by atoms with Gasteiger partial charge in [-0.2, -0.15) is 0 Å². The first-order chi connectivity index (χ1) is 8.40. The molecule has 0 aromatic heterocycles. The Labute approximate surface area is 102 Å². The molecule has 3 rings (SSSR count). The van der Waals surface area contributed by atoms with Gasteiger partial charge in [0.1, 0.15) is 6.17 Å². The maximum atomic E-state index is 3.56. The second-order valence-electron chi connectivity index (χ2n) is 4.29. The molecule has 1 heterocycles. The van der Waals surface area contributed by atoms with Gasteiger partial charge in [-0.1, -0.05) is 37.3 Å². The van der Waals surface area contributed by atoms with Crippen molar-refractivity contribution in [3.05, 3.63) is 54.6 Å². The van der Waals surface area contributed by atoms with E-state index in [1.807, 2.05) is 0 Å². The Morgan fingerprint density at radius 3 is 2.47 bits per heavy atom. The number of para-hydroxylation sites is 3. The molecule has 2 nitrogen and oxygen atoms in total. The summed E-state index contributed by atoms with van der Waals surface area (Å²) in [7, 11) is 0. The van der Waals surface area contributed by atoms with E-state index in [1.54, 1.807) is 0 Å². The molecule has 0 spiro atoms. The Morgan fingerprint density at radius 1 is 1.00 bits per heavy atom. The summed E-state index contributed by atoms with van der Waals surface area (Å²) in [6, 6.07) is 19.0. The van der Waals surface area contributed by atoms with Crippen LogP contribution in [0.2, 0.25) is 0 Å². The second kappa shape index (κ2) is 4.13. The number of nitrogens with zero attached hydrogens (tertiary/aromatic N) is 1. The van der Waals surface area contributed by atoms with Crippen LogP contribution in [0.4, 0.5) is 17.1 Å². The van der Waals surface area contributed by atoms with E-state index in [0.29, 0.717) is 6.17 Å². The Bertz CT molecular complexity index is 507. The summed E-state index contributed by atoms with van der Waals surface area (Å²) in [6.45, 7) is 2.21. The average molecular weight is 224 g/mol. The minimum absolute atomic E-state index is 0.356. The van der Waals surface area contributed by atoms with E-state index in [2.05, 4.69) is 71.7 Å². The molecule has 0 bridgehead atoms. The molecule has 0 saturated carbocycles. The highest BCUT2D eigenvalue weighted by Gasteiger charge is 2.27. The molecule has 0 saturated heterocycles. The van der Waals surface area contributed by atoms with E-state index in [0.717, 1.165) is 6.42 Å². The molecule has 0 amide bonds. The highest BCUT2D eigenvalue weighted by Crippen LogP contribution is 2.40. The van der Waals surface area contributed by atoms with Crippen LogP contribution in [0.15, 0.2) is 54.6 Å². The lowest BCUT2D eigenvalue weighted by Crippen LogP contribution is -2.30. The quantitative estimate of drug-likeness (QED) is 0.829. The van der Waals surface area contributed by atoms with Crippen LogP contribution >= 0.6 is 0 Å². The topological polar surface area (TPSA) is 15.3 Å². The maximum Gasteiger partial charge on any atom is 0.104 e. The average Bonchev–Trinajstić information content (AvgIpc) is 2.78. The summed E-state index contributed by atoms with van der Waals surface area (Å²) in [5, 5.41) is 3.56. The van der Waals surface area contributed by atoms with Crippen molar-refractivity contribution in [2.24, 2.45) is 0 Å². The minimum Gasteiger partial charge on any atom is -0.363 e. The fourth-order valence-electron chi connectivity index (χ4n) is 2.41. The normalized spacial score (nSPS) is 17.7. The molecular weight excluding hydrogens is 208 g/mol. The summed E-state index contributed by atoms with van der Waals surface area (Å²) < 4.78 is 0. The third-order valence-corrected chi connectivity index (χ3v) is 3.22. The minimum atomic E-state index is 0.356. The zero-order valence-electron chi connectivity index (χ0n) is 9.93. The molecule has 1 aliphatic heterocycles. The number of anilines is 3. The van der Waals surface area contributed by atoms with Crippen molar-refractivity contribution in [1.82, 2.24) is 0 Å². The van der Waals surface area contributed by atoms with Gasteiger partial charge in [0, 0.05) is 5.69 Å².